The zero-order valence-corrected chi connectivity index (χ0v) is 11.0. The van der Waals surface area contributed by atoms with E-state index in [4.69, 9.17) is 5.26 Å². The molecule has 2 rings (SSSR count). The summed E-state index contributed by atoms with van der Waals surface area (Å²) >= 11 is 0. The average molecular weight is 276 g/mol. The molecule has 0 saturated carbocycles. The summed E-state index contributed by atoms with van der Waals surface area (Å²) in [7, 11) is 0. The van der Waals surface area contributed by atoms with Crippen LogP contribution in [-0.2, 0) is 6.42 Å². The summed E-state index contributed by atoms with van der Waals surface area (Å²) in [5.41, 5.74) is 1.88. The van der Waals surface area contributed by atoms with E-state index in [1.54, 1.807) is 12.3 Å². The van der Waals surface area contributed by atoms with E-state index in [9.17, 15) is 8.78 Å². The number of aryl methyl sites for hydroxylation is 2. The first-order valence-corrected chi connectivity index (χ1v) is 6.23. The summed E-state index contributed by atoms with van der Waals surface area (Å²) in [6.45, 7) is 2.36. The lowest BCUT2D eigenvalue weighted by Gasteiger charge is -2.09. The van der Waals surface area contributed by atoms with Gasteiger partial charge in [-0.3, -0.25) is 5.10 Å². The number of aromatic amines is 1. The van der Waals surface area contributed by atoms with Crippen molar-refractivity contribution in [2.45, 2.75) is 19.8 Å². The monoisotopic (exact) mass is 276 g/mol. The summed E-state index contributed by atoms with van der Waals surface area (Å²) in [4.78, 5) is 0. The Kier molecular flexibility index (Phi) is 4.31. The summed E-state index contributed by atoms with van der Waals surface area (Å²) in [6.07, 6.45) is 3.24. The van der Waals surface area contributed by atoms with Crippen molar-refractivity contribution >= 4 is 5.69 Å². The second-order valence-corrected chi connectivity index (χ2v) is 4.48. The molecule has 1 heterocycles. The molecule has 1 aromatic heterocycles. The maximum atomic E-state index is 13.6. The normalized spacial score (nSPS) is 10.3. The topological polar surface area (TPSA) is 64.5 Å². The van der Waals surface area contributed by atoms with E-state index in [0.717, 1.165) is 36.2 Å². The molecule has 1 aromatic carbocycles. The first-order chi connectivity index (χ1) is 9.61. The number of H-pyrrole nitrogens is 1. The lowest BCUT2D eigenvalue weighted by atomic mass is 10.1. The number of rotatable bonds is 5. The van der Waals surface area contributed by atoms with Gasteiger partial charge in [-0.05, 0) is 37.5 Å². The van der Waals surface area contributed by atoms with Crippen molar-refractivity contribution in [3.63, 3.8) is 0 Å². The minimum absolute atomic E-state index is 0.0282. The van der Waals surface area contributed by atoms with Crippen molar-refractivity contribution in [3.8, 4) is 6.07 Å². The Balaban J connectivity index is 1.92. The van der Waals surface area contributed by atoms with Crippen molar-refractivity contribution in [1.82, 2.24) is 10.2 Å². The fourth-order valence-electron chi connectivity index (χ4n) is 1.93. The van der Waals surface area contributed by atoms with Gasteiger partial charge in [0.25, 0.3) is 0 Å². The van der Waals surface area contributed by atoms with E-state index in [2.05, 4.69) is 15.5 Å². The molecule has 104 valence electrons. The second kappa shape index (κ2) is 6.15. The highest BCUT2D eigenvalue weighted by Crippen LogP contribution is 2.20. The van der Waals surface area contributed by atoms with Crippen molar-refractivity contribution in [3.05, 3.63) is 46.8 Å². The van der Waals surface area contributed by atoms with Gasteiger partial charge in [-0.1, -0.05) is 0 Å². The molecule has 0 atom stereocenters. The Morgan fingerprint density at radius 1 is 1.35 bits per heavy atom. The van der Waals surface area contributed by atoms with Crippen LogP contribution in [0.5, 0.6) is 0 Å². The predicted molar refractivity (Wildman–Crippen MR) is 71.2 cm³/mol. The van der Waals surface area contributed by atoms with Gasteiger partial charge in [0.1, 0.15) is 5.69 Å². The molecular weight excluding hydrogens is 262 g/mol. The lowest BCUT2D eigenvalue weighted by Crippen LogP contribution is -2.07. The third kappa shape index (κ3) is 3.12. The number of aromatic nitrogens is 2. The van der Waals surface area contributed by atoms with Crippen LogP contribution in [0, 0.1) is 29.9 Å². The van der Waals surface area contributed by atoms with Gasteiger partial charge < -0.3 is 5.32 Å². The molecule has 4 nitrogen and oxygen atoms in total. The zero-order valence-electron chi connectivity index (χ0n) is 11.0. The van der Waals surface area contributed by atoms with Crippen LogP contribution in [0.2, 0.25) is 0 Å². The molecule has 2 aromatic rings. The van der Waals surface area contributed by atoms with Gasteiger partial charge in [-0.25, -0.2) is 8.78 Å². The molecule has 2 N–H and O–H groups in total. The fourth-order valence-corrected chi connectivity index (χ4v) is 1.93. The van der Waals surface area contributed by atoms with Crippen molar-refractivity contribution in [2.75, 3.05) is 11.9 Å². The second-order valence-electron chi connectivity index (χ2n) is 4.48. The smallest absolute Gasteiger partial charge is 0.150 e. The molecule has 0 aliphatic heterocycles. The quantitative estimate of drug-likeness (QED) is 0.825. The van der Waals surface area contributed by atoms with Crippen LogP contribution in [0.4, 0.5) is 14.5 Å². The van der Waals surface area contributed by atoms with Gasteiger partial charge in [0.15, 0.2) is 11.6 Å². The maximum absolute atomic E-state index is 13.6. The Morgan fingerprint density at radius 2 is 2.05 bits per heavy atom. The number of anilines is 1. The Labute approximate surface area is 115 Å². The number of nitrogens with zero attached hydrogens (tertiary/aromatic N) is 2. The third-order valence-corrected chi connectivity index (χ3v) is 3.03. The molecule has 0 fully saturated rings. The average Bonchev–Trinajstić information content (AvgIpc) is 2.82. The number of hydrogen-bond acceptors (Lipinski definition) is 3. The fraction of sp³-hybridized carbons (Fsp3) is 0.286. The van der Waals surface area contributed by atoms with Crippen molar-refractivity contribution in [1.29, 1.82) is 5.26 Å². The van der Waals surface area contributed by atoms with Gasteiger partial charge >= 0.3 is 0 Å². The van der Waals surface area contributed by atoms with Crippen LogP contribution in [0.1, 0.15) is 23.2 Å². The minimum Gasteiger partial charge on any atom is -0.380 e. The Hall–Kier alpha value is -2.42. The standard InChI is InChI=1S/C14H14F2N4/c1-9-11(8-19-20-9)3-2-4-18-14-12(15)5-10(7-17)6-13(14)16/h5-6,8,18H,2-4H2,1H3,(H,19,20). The summed E-state index contributed by atoms with van der Waals surface area (Å²) in [6, 6.07) is 3.75. The highest BCUT2D eigenvalue weighted by atomic mass is 19.1. The Morgan fingerprint density at radius 3 is 2.60 bits per heavy atom. The molecule has 0 unspecified atom stereocenters. The van der Waals surface area contributed by atoms with E-state index < -0.39 is 11.6 Å². The van der Waals surface area contributed by atoms with E-state index in [1.807, 2.05) is 6.92 Å². The van der Waals surface area contributed by atoms with Gasteiger partial charge in [0.2, 0.25) is 0 Å². The van der Waals surface area contributed by atoms with Gasteiger partial charge in [-0.15, -0.1) is 0 Å². The molecule has 0 radical (unpaired) electrons. The number of halogens is 2. The summed E-state index contributed by atoms with van der Waals surface area (Å²) in [5.74, 6) is -1.50. The van der Waals surface area contributed by atoms with E-state index in [0.29, 0.717) is 6.54 Å². The van der Waals surface area contributed by atoms with Crippen molar-refractivity contribution in [2.24, 2.45) is 0 Å². The minimum atomic E-state index is -0.749. The van der Waals surface area contributed by atoms with Crippen LogP contribution in [-0.4, -0.2) is 16.7 Å². The number of nitriles is 1. The number of hydrogen-bond donors (Lipinski definition) is 2. The molecule has 0 amide bonds. The molecular formula is C14H14F2N4. The van der Waals surface area contributed by atoms with E-state index >= 15 is 0 Å². The number of nitrogens with one attached hydrogen (secondary N) is 2. The van der Waals surface area contributed by atoms with Crippen LogP contribution in [0.15, 0.2) is 18.3 Å². The van der Waals surface area contributed by atoms with Gasteiger partial charge in [0, 0.05) is 12.2 Å². The van der Waals surface area contributed by atoms with Crippen LogP contribution in [0.3, 0.4) is 0 Å². The molecule has 0 saturated heterocycles. The van der Waals surface area contributed by atoms with Crippen LogP contribution in [0.25, 0.3) is 0 Å². The highest BCUT2D eigenvalue weighted by molar-refractivity contribution is 5.50. The lowest BCUT2D eigenvalue weighted by molar-refractivity contribution is 0.586. The number of benzene rings is 1. The molecule has 0 spiro atoms. The zero-order chi connectivity index (χ0) is 14.5. The van der Waals surface area contributed by atoms with Gasteiger partial charge in [0.05, 0.1) is 17.8 Å². The SMILES string of the molecule is Cc1[nH]ncc1CCCNc1c(F)cc(C#N)cc1F. The van der Waals surface area contributed by atoms with Gasteiger partial charge in [-0.2, -0.15) is 10.4 Å². The molecule has 0 aliphatic rings. The first kappa shape index (κ1) is 14.0. The molecule has 0 aliphatic carbocycles. The van der Waals surface area contributed by atoms with E-state index in [1.165, 1.54) is 0 Å². The van der Waals surface area contributed by atoms with Crippen LogP contribution >= 0.6 is 0 Å². The predicted octanol–water partition coefficient (Wildman–Crippen LogP) is 2.91. The van der Waals surface area contributed by atoms with Crippen molar-refractivity contribution < 1.29 is 8.78 Å². The largest absolute Gasteiger partial charge is 0.380 e. The Bertz CT molecular complexity index is 620. The maximum Gasteiger partial charge on any atom is 0.150 e. The summed E-state index contributed by atoms with van der Waals surface area (Å²) in [5, 5.41) is 18.1. The molecule has 20 heavy (non-hydrogen) atoms. The summed E-state index contributed by atoms with van der Waals surface area (Å²) < 4.78 is 27.2. The molecule has 6 heteroatoms. The molecule has 0 bridgehead atoms. The third-order valence-electron chi connectivity index (χ3n) is 3.03. The highest BCUT2D eigenvalue weighted by Gasteiger charge is 2.10. The van der Waals surface area contributed by atoms with Crippen LogP contribution < -0.4 is 5.32 Å². The first-order valence-electron chi connectivity index (χ1n) is 6.23. The van der Waals surface area contributed by atoms with E-state index in [-0.39, 0.29) is 11.3 Å².